The van der Waals surface area contributed by atoms with Crippen LogP contribution in [-0.2, 0) is 6.54 Å². The van der Waals surface area contributed by atoms with Gasteiger partial charge in [0.1, 0.15) is 0 Å². The number of nitrogens with zero attached hydrogens (tertiary/aromatic N) is 2. The molecule has 1 heterocycles. The molecule has 0 aliphatic rings. The summed E-state index contributed by atoms with van der Waals surface area (Å²) in [7, 11) is 0. The minimum absolute atomic E-state index is 0.496. The van der Waals surface area contributed by atoms with Crippen LogP contribution in [0.4, 0.5) is 11.5 Å². The SMILES string of the molecule is Cc1ccc(NC(=S)Nc2cc(C)n(Cc3ccc(Cl)cc3Cl)n2)c(C)c1. The Morgan fingerprint density at radius 2 is 1.81 bits per heavy atom. The number of benzene rings is 2. The molecule has 0 spiro atoms. The van der Waals surface area contributed by atoms with Crippen LogP contribution < -0.4 is 10.6 Å². The third-order valence-electron chi connectivity index (χ3n) is 4.19. The first kappa shape index (κ1) is 19.7. The Labute approximate surface area is 174 Å². The van der Waals surface area contributed by atoms with E-state index in [0.29, 0.717) is 27.5 Å². The predicted molar refractivity (Wildman–Crippen MR) is 118 cm³/mol. The molecule has 0 radical (unpaired) electrons. The summed E-state index contributed by atoms with van der Waals surface area (Å²) in [6, 6.07) is 13.6. The molecule has 0 aliphatic heterocycles. The molecule has 3 rings (SSSR count). The summed E-state index contributed by atoms with van der Waals surface area (Å²) < 4.78 is 1.87. The van der Waals surface area contributed by atoms with Gasteiger partial charge in [0.05, 0.1) is 6.54 Å². The van der Waals surface area contributed by atoms with Crippen molar-refractivity contribution in [2.45, 2.75) is 27.3 Å². The minimum Gasteiger partial charge on any atom is -0.332 e. The summed E-state index contributed by atoms with van der Waals surface area (Å²) >= 11 is 17.6. The summed E-state index contributed by atoms with van der Waals surface area (Å²) in [6.45, 7) is 6.66. The van der Waals surface area contributed by atoms with Gasteiger partial charge in [-0.25, -0.2) is 0 Å². The van der Waals surface area contributed by atoms with Crippen molar-refractivity contribution in [2.75, 3.05) is 10.6 Å². The normalized spacial score (nSPS) is 10.7. The van der Waals surface area contributed by atoms with Crippen LogP contribution in [0.1, 0.15) is 22.4 Å². The van der Waals surface area contributed by atoms with Gasteiger partial charge in [-0.1, -0.05) is 47.0 Å². The molecule has 0 aliphatic carbocycles. The summed E-state index contributed by atoms with van der Waals surface area (Å²) in [5.74, 6) is 0.680. The number of hydrogen-bond donors (Lipinski definition) is 2. The number of nitrogens with one attached hydrogen (secondary N) is 2. The molecule has 0 amide bonds. The molecular weight excluding hydrogens is 399 g/mol. The summed E-state index contributed by atoms with van der Waals surface area (Å²) in [5.41, 5.74) is 5.28. The van der Waals surface area contributed by atoms with Crippen molar-refractivity contribution >= 4 is 52.0 Å². The molecule has 0 unspecified atom stereocenters. The van der Waals surface area contributed by atoms with Gasteiger partial charge in [0.25, 0.3) is 0 Å². The van der Waals surface area contributed by atoms with E-state index in [1.807, 2.05) is 48.9 Å². The predicted octanol–water partition coefficient (Wildman–Crippen LogP) is 5.97. The van der Waals surface area contributed by atoms with E-state index >= 15 is 0 Å². The number of halogens is 2. The van der Waals surface area contributed by atoms with Crippen molar-refractivity contribution in [1.82, 2.24) is 9.78 Å². The Hall–Kier alpha value is -2.08. The lowest BCUT2D eigenvalue weighted by Gasteiger charge is -2.11. The first-order chi connectivity index (χ1) is 12.8. The van der Waals surface area contributed by atoms with E-state index in [0.717, 1.165) is 22.5 Å². The Kier molecular flexibility index (Phi) is 6.05. The highest BCUT2D eigenvalue weighted by atomic mass is 35.5. The van der Waals surface area contributed by atoms with Crippen LogP contribution in [0.3, 0.4) is 0 Å². The van der Waals surface area contributed by atoms with Crippen molar-refractivity contribution in [3.63, 3.8) is 0 Å². The molecule has 7 heteroatoms. The van der Waals surface area contributed by atoms with Crippen LogP contribution in [0.25, 0.3) is 0 Å². The maximum Gasteiger partial charge on any atom is 0.176 e. The van der Waals surface area contributed by atoms with E-state index in [2.05, 4.69) is 28.7 Å². The summed E-state index contributed by atoms with van der Waals surface area (Å²) in [5, 5.41) is 12.7. The molecule has 2 N–H and O–H groups in total. The number of rotatable bonds is 4. The van der Waals surface area contributed by atoms with E-state index in [9.17, 15) is 0 Å². The minimum atomic E-state index is 0.496. The van der Waals surface area contributed by atoms with Crippen LogP contribution >= 0.6 is 35.4 Å². The van der Waals surface area contributed by atoms with E-state index in [1.165, 1.54) is 5.56 Å². The second-order valence-corrected chi connectivity index (χ2v) is 7.71. The number of aromatic nitrogens is 2. The Bertz CT molecular complexity index is 998. The Morgan fingerprint density at radius 1 is 1.04 bits per heavy atom. The average Bonchev–Trinajstić information content (AvgIpc) is 2.92. The van der Waals surface area contributed by atoms with Gasteiger partial charge in [-0.2, -0.15) is 5.10 Å². The molecule has 4 nitrogen and oxygen atoms in total. The quantitative estimate of drug-likeness (QED) is 0.511. The van der Waals surface area contributed by atoms with E-state index in [4.69, 9.17) is 35.4 Å². The van der Waals surface area contributed by atoms with Gasteiger partial charge in [-0.15, -0.1) is 0 Å². The Morgan fingerprint density at radius 3 is 2.52 bits per heavy atom. The molecule has 0 saturated heterocycles. The van der Waals surface area contributed by atoms with Crippen LogP contribution in [0, 0.1) is 20.8 Å². The largest absolute Gasteiger partial charge is 0.332 e. The van der Waals surface area contributed by atoms with Gasteiger partial charge in [0, 0.05) is 27.5 Å². The average molecular weight is 419 g/mol. The van der Waals surface area contributed by atoms with Crippen LogP contribution in [-0.4, -0.2) is 14.9 Å². The van der Waals surface area contributed by atoms with Gasteiger partial charge in [0.2, 0.25) is 0 Å². The van der Waals surface area contributed by atoms with Crippen molar-refractivity contribution in [2.24, 2.45) is 0 Å². The van der Waals surface area contributed by atoms with Gasteiger partial charge in [0.15, 0.2) is 10.9 Å². The first-order valence-corrected chi connectivity index (χ1v) is 9.62. The van der Waals surface area contributed by atoms with Crippen molar-refractivity contribution in [3.05, 3.63) is 74.9 Å². The number of anilines is 2. The zero-order chi connectivity index (χ0) is 19.6. The van der Waals surface area contributed by atoms with Gasteiger partial charge in [-0.05, 0) is 62.3 Å². The van der Waals surface area contributed by atoms with Gasteiger partial charge in [-0.3, -0.25) is 4.68 Å². The lowest BCUT2D eigenvalue weighted by molar-refractivity contribution is 0.668. The molecule has 0 bridgehead atoms. The second-order valence-electron chi connectivity index (χ2n) is 6.46. The highest BCUT2D eigenvalue weighted by Gasteiger charge is 2.09. The molecule has 3 aromatic rings. The molecule has 1 aromatic heterocycles. The monoisotopic (exact) mass is 418 g/mol. The lowest BCUT2D eigenvalue weighted by atomic mass is 10.1. The number of hydrogen-bond acceptors (Lipinski definition) is 2. The van der Waals surface area contributed by atoms with Crippen molar-refractivity contribution < 1.29 is 0 Å². The number of thiocarbonyl (C=S) groups is 1. The molecular formula is C20H20Cl2N4S. The fourth-order valence-corrected chi connectivity index (χ4v) is 3.45. The molecule has 140 valence electrons. The highest BCUT2D eigenvalue weighted by Crippen LogP contribution is 2.23. The van der Waals surface area contributed by atoms with E-state index < -0.39 is 0 Å². The topological polar surface area (TPSA) is 41.9 Å². The maximum absolute atomic E-state index is 6.27. The zero-order valence-electron chi connectivity index (χ0n) is 15.3. The smallest absolute Gasteiger partial charge is 0.176 e. The van der Waals surface area contributed by atoms with Gasteiger partial charge < -0.3 is 10.6 Å². The standard InChI is InChI=1S/C20H20Cl2N4S/c1-12-4-7-18(13(2)8-12)23-20(27)24-19-9-14(3)26(25-19)11-15-5-6-16(21)10-17(15)22/h4-10H,11H2,1-3H3,(H2,23,24,25,27). The first-order valence-electron chi connectivity index (χ1n) is 8.45. The van der Waals surface area contributed by atoms with Gasteiger partial charge >= 0.3 is 0 Å². The second kappa shape index (κ2) is 8.30. The van der Waals surface area contributed by atoms with Crippen LogP contribution in [0.15, 0.2) is 42.5 Å². The third kappa shape index (κ3) is 5.01. The van der Waals surface area contributed by atoms with Crippen molar-refractivity contribution in [3.8, 4) is 0 Å². The Balaban J connectivity index is 1.69. The lowest BCUT2D eigenvalue weighted by Crippen LogP contribution is -2.20. The fourth-order valence-electron chi connectivity index (χ4n) is 2.77. The summed E-state index contributed by atoms with van der Waals surface area (Å²) in [6.07, 6.45) is 0. The maximum atomic E-state index is 6.27. The zero-order valence-corrected chi connectivity index (χ0v) is 17.6. The molecule has 2 aromatic carbocycles. The molecule has 0 atom stereocenters. The number of aryl methyl sites for hydroxylation is 3. The molecule has 0 fully saturated rings. The molecule has 27 heavy (non-hydrogen) atoms. The van der Waals surface area contributed by atoms with Crippen molar-refractivity contribution in [1.29, 1.82) is 0 Å². The van der Waals surface area contributed by atoms with E-state index in [1.54, 1.807) is 6.07 Å². The third-order valence-corrected chi connectivity index (χ3v) is 4.98. The van der Waals surface area contributed by atoms with E-state index in [-0.39, 0.29) is 0 Å². The highest BCUT2D eigenvalue weighted by molar-refractivity contribution is 7.80. The van der Waals surface area contributed by atoms with Crippen LogP contribution in [0.2, 0.25) is 10.0 Å². The summed E-state index contributed by atoms with van der Waals surface area (Å²) in [4.78, 5) is 0. The fraction of sp³-hybridized carbons (Fsp3) is 0.200. The molecule has 0 saturated carbocycles. The van der Waals surface area contributed by atoms with Crippen LogP contribution in [0.5, 0.6) is 0 Å².